The van der Waals surface area contributed by atoms with Gasteiger partial charge in [0.1, 0.15) is 5.82 Å². The van der Waals surface area contributed by atoms with Crippen molar-refractivity contribution in [2.75, 3.05) is 51.1 Å². The Hall–Kier alpha value is -1.99. The summed E-state index contributed by atoms with van der Waals surface area (Å²) in [4.78, 5) is 31.0. The third kappa shape index (κ3) is 5.74. The van der Waals surface area contributed by atoms with Crippen LogP contribution in [0.3, 0.4) is 0 Å². The first-order chi connectivity index (χ1) is 13.0. The van der Waals surface area contributed by atoms with E-state index in [4.69, 9.17) is 0 Å². The molecule has 2 aliphatic heterocycles. The van der Waals surface area contributed by atoms with E-state index in [0.717, 1.165) is 45.6 Å². The summed E-state index contributed by atoms with van der Waals surface area (Å²) >= 11 is 0. The molecule has 2 amide bonds. The van der Waals surface area contributed by atoms with E-state index >= 15 is 0 Å². The predicted molar refractivity (Wildman–Crippen MR) is 103 cm³/mol. The third-order valence-electron chi connectivity index (χ3n) is 5.44. The summed E-state index contributed by atoms with van der Waals surface area (Å²) in [5.74, 6) is -0.199. The van der Waals surface area contributed by atoms with Gasteiger partial charge in [-0.05, 0) is 50.5 Å². The summed E-state index contributed by atoms with van der Waals surface area (Å²) in [6.07, 6.45) is 3.42. The minimum absolute atomic E-state index is 0.103. The van der Waals surface area contributed by atoms with Crippen LogP contribution in [0.5, 0.6) is 0 Å². The molecule has 27 heavy (non-hydrogen) atoms. The Morgan fingerprint density at radius 2 is 1.63 bits per heavy atom. The third-order valence-corrected chi connectivity index (χ3v) is 5.44. The Morgan fingerprint density at radius 3 is 2.26 bits per heavy atom. The maximum absolute atomic E-state index is 12.9. The number of nitrogens with one attached hydrogen (secondary N) is 1. The number of likely N-dealkylation sites (tertiary alicyclic amines) is 1. The molecule has 1 N–H and O–H groups in total. The summed E-state index contributed by atoms with van der Waals surface area (Å²) in [7, 11) is 0. The Kier molecular flexibility index (Phi) is 6.79. The van der Waals surface area contributed by atoms with E-state index in [1.54, 1.807) is 12.1 Å². The van der Waals surface area contributed by atoms with Gasteiger partial charge in [0.25, 0.3) is 0 Å². The number of anilines is 1. The predicted octanol–water partition coefficient (Wildman–Crippen LogP) is 1.78. The number of carbonyl (C=O) groups is 2. The molecule has 7 heteroatoms. The minimum atomic E-state index is -0.322. The van der Waals surface area contributed by atoms with Gasteiger partial charge in [-0.25, -0.2) is 4.39 Å². The molecule has 1 aromatic carbocycles. The highest BCUT2D eigenvalue weighted by atomic mass is 19.1. The van der Waals surface area contributed by atoms with Gasteiger partial charge < -0.3 is 10.2 Å². The van der Waals surface area contributed by atoms with Crippen molar-refractivity contribution < 1.29 is 14.0 Å². The molecule has 0 radical (unpaired) electrons. The second kappa shape index (κ2) is 9.28. The van der Waals surface area contributed by atoms with Crippen molar-refractivity contribution in [3.8, 4) is 0 Å². The van der Waals surface area contributed by atoms with Crippen molar-refractivity contribution in [1.82, 2.24) is 14.7 Å². The number of amides is 2. The van der Waals surface area contributed by atoms with Crippen LogP contribution in [0.25, 0.3) is 0 Å². The first kappa shape index (κ1) is 19.8. The van der Waals surface area contributed by atoms with E-state index in [1.807, 2.05) is 4.90 Å². The number of hydrogen-bond acceptors (Lipinski definition) is 4. The van der Waals surface area contributed by atoms with Crippen molar-refractivity contribution in [1.29, 1.82) is 0 Å². The van der Waals surface area contributed by atoms with Gasteiger partial charge in [-0.15, -0.1) is 0 Å². The van der Waals surface area contributed by atoms with E-state index < -0.39 is 0 Å². The molecule has 6 nitrogen and oxygen atoms in total. The number of rotatable bonds is 5. The molecule has 0 unspecified atom stereocenters. The molecule has 3 rings (SSSR count). The number of halogens is 1. The zero-order chi connectivity index (χ0) is 19.2. The maximum Gasteiger partial charge on any atom is 0.238 e. The molecule has 0 saturated carbocycles. The SMILES string of the molecule is C[C@H]1CCCCN1C(=O)CN1CCN(CC(=O)Nc2ccc(F)cc2)CC1. The molecule has 0 spiro atoms. The monoisotopic (exact) mass is 376 g/mol. The molecule has 2 fully saturated rings. The Bertz CT molecular complexity index is 644. The zero-order valence-electron chi connectivity index (χ0n) is 16.0. The molecule has 2 saturated heterocycles. The van der Waals surface area contributed by atoms with Gasteiger partial charge in [-0.3, -0.25) is 19.4 Å². The normalized spacial score (nSPS) is 21.9. The molecule has 0 aliphatic carbocycles. The fourth-order valence-electron chi connectivity index (χ4n) is 3.79. The van der Waals surface area contributed by atoms with Crippen LogP contribution in [0, 0.1) is 5.82 Å². The van der Waals surface area contributed by atoms with Gasteiger partial charge >= 0.3 is 0 Å². The summed E-state index contributed by atoms with van der Waals surface area (Å²) in [6.45, 7) is 6.90. The van der Waals surface area contributed by atoms with Gasteiger partial charge in [0.15, 0.2) is 0 Å². The van der Waals surface area contributed by atoms with Gasteiger partial charge in [-0.2, -0.15) is 0 Å². The number of nitrogens with zero attached hydrogens (tertiary/aromatic N) is 3. The van der Waals surface area contributed by atoms with E-state index in [2.05, 4.69) is 22.0 Å². The Balaban J connectivity index is 1.38. The van der Waals surface area contributed by atoms with E-state index in [0.29, 0.717) is 24.8 Å². The van der Waals surface area contributed by atoms with Gasteiger partial charge in [0, 0.05) is 44.5 Å². The van der Waals surface area contributed by atoms with Crippen LogP contribution in [-0.4, -0.2) is 78.4 Å². The highest BCUT2D eigenvalue weighted by Crippen LogP contribution is 2.17. The number of hydrogen-bond donors (Lipinski definition) is 1. The number of piperazine rings is 1. The van der Waals surface area contributed by atoms with E-state index in [9.17, 15) is 14.0 Å². The highest BCUT2D eigenvalue weighted by Gasteiger charge is 2.26. The zero-order valence-corrected chi connectivity index (χ0v) is 16.0. The Labute approximate surface area is 160 Å². The van der Waals surface area contributed by atoms with Crippen molar-refractivity contribution in [3.63, 3.8) is 0 Å². The van der Waals surface area contributed by atoms with E-state index in [1.165, 1.54) is 18.6 Å². The lowest BCUT2D eigenvalue weighted by molar-refractivity contribution is -0.136. The summed E-state index contributed by atoms with van der Waals surface area (Å²) in [6, 6.07) is 6.11. The summed E-state index contributed by atoms with van der Waals surface area (Å²) in [5, 5.41) is 2.79. The fraction of sp³-hybridized carbons (Fsp3) is 0.600. The van der Waals surface area contributed by atoms with Gasteiger partial charge in [-0.1, -0.05) is 0 Å². The quantitative estimate of drug-likeness (QED) is 0.851. The van der Waals surface area contributed by atoms with Gasteiger partial charge in [0.2, 0.25) is 11.8 Å². The summed E-state index contributed by atoms with van der Waals surface area (Å²) < 4.78 is 12.9. The van der Waals surface area contributed by atoms with Gasteiger partial charge in [0.05, 0.1) is 13.1 Å². The Morgan fingerprint density at radius 1 is 1.00 bits per heavy atom. The van der Waals surface area contributed by atoms with Crippen LogP contribution < -0.4 is 5.32 Å². The standard InChI is InChI=1S/C20H29FN4O2/c1-16-4-2-3-9-25(16)20(27)15-24-12-10-23(11-13-24)14-19(26)22-18-7-5-17(21)6-8-18/h5-8,16H,2-4,9-15H2,1H3,(H,22,26)/t16-/m0/s1. The molecule has 1 aromatic rings. The second-order valence-corrected chi connectivity index (χ2v) is 7.54. The number of carbonyl (C=O) groups excluding carboxylic acids is 2. The van der Waals surface area contributed by atoms with E-state index in [-0.39, 0.29) is 17.6 Å². The maximum atomic E-state index is 12.9. The topological polar surface area (TPSA) is 55.9 Å². The average molecular weight is 376 g/mol. The fourth-order valence-corrected chi connectivity index (χ4v) is 3.79. The largest absolute Gasteiger partial charge is 0.339 e. The summed E-state index contributed by atoms with van der Waals surface area (Å²) in [5.41, 5.74) is 0.598. The lowest BCUT2D eigenvalue weighted by Gasteiger charge is -2.37. The average Bonchev–Trinajstić information content (AvgIpc) is 2.65. The molecule has 148 valence electrons. The molecule has 1 atom stereocenters. The van der Waals surface area contributed by atoms with Crippen LogP contribution in [0.2, 0.25) is 0 Å². The molecule has 0 bridgehead atoms. The van der Waals surface area contributed by atoms with Crippen LogP contribution in [0.4, 0.5) is 10.1 Å². The molecule has 0 aromatic heterocycles. The van der Waals surface area contributed by atoms with Crippen molar-refractivity contribution in [2.24, 2.45) is 0 Å². The molecule has 2 heterocycles. The van der Waals surface area contributed by atoms with Crippen LogP contribution in [-0.2, 0) is 9.59 Å². The number of piperidine rings is 1. The second-order valence-electron chi connectivity index (χ2n) is 7.54. The first-order valence-corrected chi connectivity index (χ1v) is 9.81. The lowest BCUT2D eigenvalue weighted by Crippen LogP contribution is -2.53. The number of benzene rings is 1. The molecular weight excluding hydrogens is 347 g/mol. The smallest absolute Gasteiger partial charge is 0.238 e. The lowest BCUT2D eigenvalue weighted by atomic mass is 10.0. The first-order valence-electron chi connectivity index (χ1n) is 9.81. The van der Waals surface area contributed by atoms with Crippen molar-refractivity contribution in [2.45, 2.75) is 32.2 Å². The van der Waals surface area contributed by atoms with Crippen molar-refractivity contribution in [3.05, 3.63) is 30.1 Å². The van der Waals surface area contributed by atoms with Crippen LogP contribution >= 0.6 is 0 Å². The minimum Gasteiger partial charge on any atom is -0.339 e. The highest BCUT2D eigenvalue weighted by molar-refractivity contribution is 5.92. The van der Waals surface area contributed by atoms with Crippen molar-refractivity contribution >= 4 is 17.5 Å². The van der Waals surface area contributed by atoms with Crippen LogP contribution in [0.15, 0.2) is 24.3 Å². The molecule has 2 aliphatic rings. The molecular formula is C20H29FN4O2. The van der Waals surface area contributed by atoms with Crippen LogP contribution in [0.1, 0.15) is 26.2 Å².